The van der Waals surface area contributed by atoms with Crippen LogP contribution >= 0.6 is 11.8 Å². The molecule has 0 fully saturated rings. The zero-order chi connectivity index (χ0) is 12.0. The van der Waals surface area contributed by atoms with E-state index in [1.54, 1.807) is 11.8 Å². The van der Waals surface area contributed by atoms with Crippen LogP contribution in [0.15, 0.2) is 11.2 Å². The second-order valence-electron chi connectivity index (χ2n) is 3.46. The number of hydrogen-bond acceptors (Lipinski definition) is 5. The molecule has 0 aliphatic rings. The first-order chi connectivity index (χ1) is 7.61. The van der Waals surface area contributed by atoms with Crippen LogP contribution in [0.25, 0.3) is 0 Å². The molecule has 0 unspecified atom stereocenters. The summed E-state index contributed by atoms with van der Waals surface area (Å²) < 4.78 is 4.56. The second-order valence-corrected chi connectivity index (χ2v) is 4.52. The molecule has 5 heteroatoms. The number of carbonyl (C=O) groups excluding carboxylic acids is 1. The van der Waals surface area contributed by atoms with Crippen molar-refractivity contribution in [1.82, 2.24) is 9.97 Å². The Balaban J connectivity index is 2.34. The van der Waals surface area contributed by atoms with Gasteiger partial charge in [-0.15, -0.1) is 0 Å². The van der Waals surface area contributed by atoms with Crippen LogP contribution < -0.4 is 0 Å². The third-order valence-corrected chi connectivity index (χ3v) is 2.88. The van der Waals surface area contributed by atoms with Crippen molar-refractivity contribution >= 4 is 17.7 Å². The predicted molar refractivity (Wildman–Crippen MR) is 63.5 cm³/mol. The molecule has 0 aliphatic heterocycles. The van der Waals surface area contributed by atoms with Crippen LogP contribution in [0.4, 0.5) is 0 Å². The fourth-order valence-electron chi connectivity index (χ4n) is 1.24. The molecular formula is C11H16N2O2S. The quantitative estimate of drug-likeness (QED) is 0.341. The lowest BCUT2D eigenvalue weighted by molar-refractivity contribution is -0.140. The van der Waals surface area contributed by atoms with E-state index in [1.165, 1.54) is 7.11 Å². The van der Waals surface area contributed by atoms with Crippen molar-refractivity contribution in [1.29, 1.82) is 0 Å². The van der Waals surface area contributed by atoms with Crippen molar-refractivity contribution in [2.75, 3.05) is 12.9 Å². The topological polar surface area (TPSA) is 52.1 Å². The molecule has 0 aliphatic carbocycles. The van der Waals surface area contributed by atoms with E-state index in [0.29, 0.717) is 6.42 Å². The molecule has 0 N–H and O–H groups in total. The number of aryl methyl sites for hydroxylation is 2. The van der Waals surface area contributed by atoms with Crippen molar-refractivity contribution < 1.29 is 9.53 Å². The zero-order valence-electron chi connectivity index (χ0n) is 9.82. The fraction of sp³-hybridized carbons (Fsp3) is 0.545. The SMILES string of the molecule is COC(=O)CCCSc1nc(C)cc(C)n1. The number of aromatic nitrogens is 2. The molecule has 16 heavy (non-hydrogen) atoms. The van der Waals surface area contributed by atoms with Crippen LogP contribution in [-0.2, 0) is 9.53 Å². The molecule has 0 bridgehead atoms. The van der Waals surface area contributed by atoms with Gasteiger partial charge in [-0.2, -0.15) is 0 Å². The summed E-state index contributed by atoms with van der Waals surface area (Å²) in [7, 11) is 1.41. The summed E-state index contributed by atoms with van der Waals surface area (Å²) in [4.78, 5) is 19.5. The van der Waals surface area contributed by atoms with Crippen LogP contribution in [0.5, 0.6) is 0 Å². The van der Waals surface area contributed by atoms with E-state index < -0.39 is 0 Å². The van der Waals surface area contributed by atoms with Crippen molar-refractivity contribution in [3.05, 3.63) is 17.5 Å². The Labute approximate surface area is 99.8 Å². The minimum absolute atomic E-state index is 0.165. The molecule has 88 valence electrons. The Bertz CT molecular complexity index is 349. The molecule has 1 rings (SSSR count). The Morgan fingerprint density at radius 1 is 1.38 bits per heavy atom. The smallest absolute Gasteiger partial charge is 0.305 e. The molecule has 0 aromatic carbocycles. The van der Waals surface area contributed by atoms with Gasteiger partial charge in [-0.3, -0.25) is 4.79 Å². The maximum absolute atomic E-state index is 10.9. The Morgan fingerprint density at radius 3 is 2.56 bits per heavy atom. The highest BCUT2D eigenvalue weighted by atomic mass is 32.2. The highest BCUT2D eigenvalue weighted by Crippen LogP contribution is 2.15. The zero-order valence-corrected chi connectivity index (χ0v) is 10.6. The Morgan fingerprint density at radius 2 is 2.00 bits per heavy atom. The van der Waals surface area contributed by atoms with Crippen molar-refractivity contribution in [2.24, 2.45) is 0 Å². The van der Waals surface area contributed by atoms with Gasteiger partial charge in [-0.1, -0.05) is 11.8 Å². The minimum atomic E-state index is -0.165. The highest BCUT2D eigenvalue weighted by Gasteiger charge is 2.03. The summed E-state index contributed by atoms with van der Waals surface area (Å²) >= 11 is 1.57. The summed E-state index contributed by atoms with van der Waals surface area (Å²) in [6, 6.07) is 1.94. The molecular weight excluding hydrogens is 224 g/mol. The van der Waals surface area contributed by atoms with Gasteiger partial charge in [0.1, 0.15) is 0 Å². The first-order valence-electron chi connectivity index (χ1n) is 5.13. The second kappa shape index (κ2) is 6.48. The molecule has 1 heterocycles. The summed E-state index contributed by atoms with van der Waals surface area (Å²) in [5.74, 6) is 0.666. The standard InChI is InChI=1S/C11H16N2O2S/c1-8-7-9(2)13-11(12-8)16-6-4-5-10(14)15-3/h7H,4-6H2,1-3H3. The number of thioether (sulfide) groups is 1. The van der Waals surface area contributed by atoms with E-state index in [1.807, 2.05) is 19.9 Å². The van der Waals surface area contributed by atoms with Crippen LogP contribution in [0.1, 0.15) is 24.2 Å². The van der Waals surface area contributed by atoms with E-state index in [4.69, 9.17) is 0 Å². The monoisotopic (exact) mass is 240 g/mol. The molecule has 0 amide bonds. The fourth-order valence-corrected chi connectivity index (χ4v) is 2.13. The Kier molecular flexibility index (Phi) is 5.25. The lowest BCUT2D eigenvalue weighted by atomic mass is 10.3. The van der Waals surface area contributed by atoms with Gasteiger partial charge in [0, 0.05) is 23.6 Å². The summed E-state index contributed by atoms with van der Waals surface area (Å²) in [6.45, 7) is 3.90. The van der Waals surface area contributed by atoms with Gasteiger partial charge < -0.3 is 4.74 Å². The van der Waals surface area contributed by atoms with Crippen molar-refractivity contribution in [3.63, 3.8) is 0 Å². The van der Waals surface area contributed by atoms with Gasteiger partial charge in [0.25, 0.3) is 0 Å². The normalized spacial score (nSPS) is 10.2. The van der Waals surface area contributed by atoms with Gasteiger partial charge in [-0.25, -0.2) is 9.97 Å². The van der Waals surface area contributed by atoms with Gasteiger partial charge >= 0.3 is 5.97 Å². The molecule has 0 spiro atoms. The first-order valence-corrected chi connectivity index (χ1v) is 6.12. The molecule has 0 saturated carbocycles. The predicted octanol–water partition coefficient (Wildman–Crippen LogP) is 2.14. The maximum atomic E-state index is 10.9. The average molecular weight is 240 g/mol. The molecule has 1 aromatic heterocycles. The minimum Gasteiger partial charge on any atom is -0.469 e. The third-order valence-electron chi connectivity index (χ3n) is 1.95. The Hall–Kier alpha value is -1.10. The number of rotatable bonds is 5. The molecule has 1 aromatic rings. The van der Waals surface area contributed by atoms with E-state index in [2.05, 4.69) is 14.7 Å². The van der Waals surface area contributed by atoms with E-state index in [0.717, 1.165) is 28.7 Å². The summed E-state index contributed by atoms with van der Waals surface area (Å²) in [6.07, 6.45) is 1.24. The number of carbonyl (C=O) groups is 1. The van der Waals surface area contributed by atoms with Gasteiger partial charge in [0.2, 0.25) is 0 Å². The van der Waals surface area contributed by atoms with Crippen LogP contribution in [-0.4, -0.2) is 28.8 Å². The van der Waals surface area contributed by atoms with E-state index in [-0.39, 0.29) is 5.97 Å². The number of nitrogens with zero attached hydrogens (tertiary/aromatic N) is 2. The number of hydrogen-bond donors (Lipinski definition) is 0. The van der Waals surface area contributed by atoms with E-state index >= 15 is 0 Å². The third kappa shape index (κ3) is 4.61. The van der Waals surface area contributed by atoms with Crippen LogP contribution in [0.2, 0.25) is 0 Å². The number of ether oxygens (including phenoxy) is 1. The van der Waals surface area contributed by atoms with Crippen LogP contribution in [0, 0.1) is 13.8 Å². The van der Waals surface area contributed by atoms with E-state index in [9.17, 15) is 4.79 Å². The summed E-state index contributed by atoms with van der Waals surface area (Å²) in [5.41, 5.74) is 1.95. The molecule has 0 saturated heterocycles. The summed E-state index contributed by atoms with van der Waals surface area (Å²) in [5, 5.41) is 0.780. The average Bonchev–Trinajstić information content (AvgIpc) is 2.22. The number of methoxy groups -OCH3 is 1. The molecule has 0 atom stereocenters. The van der Waals surface area contributed by atoms with Crippen molar-refractivity contribution in [2.45, 2.75) is 31.8 Å². The lowest BCUT2D eigenvalue weighted by Gasteiger charge is -2.02. The van der Waals surface area contributed by atoms with Crippen molar-refractivity contribution in [3.8, 4) is 0 Å². The first kappa shape index (κ1) is 13.0. The van der Waals surface area contributed by atoms with Gasteiger partial charge in [-0.05, 0) is 26.3 Å². The van der Waals surface area contributed by atoms with Crippen LogP contribution in [0.3, 0.4) is 0 Å². The highest BCUT2D eigenvalue weighted by molar-refractivity contribution is 7.99. The van der Waals surface area contributed by atoms with Gasteiger partial charge in [0.05, 0.1) is 7.11 Å². The maximum Gasteiger partial charge on any atom is 0.305 e. The number of esters is 1. The molecule has 4 nitrogen and oxygen atoms in total. The van der Waals surface area contributed by atoms with Gasteiger partial charge in [0.15, 0.2) is 5.16 Å². The lowest BCUT2D eigenvalue weighted by Crippen LogP contribution is -2.00. The molecule has 0 radical (unpaired) electrons. The largest absolute Gasteiger partial charge is 0.469 e.